The summed E-state index contributed by atoms with van der Waals surface area (Å²) < 4.78 is 0. The van der Waals surface area contributed by atoms with Crippen molar-refractivity contribution in [3.05, 3.63) is 42.1 Å². The first-order valence-electron chi connectivity index (χ1n) is 10.2. The highest BCUT2D eigenvalue weighted by Gasteiger charge is 2.18. The number of nitrogens with zero attached hydrogens (tertiary/aromatic N) is 5. The molecule has 2 aromatic rings. The Balaban J connectivity index is 1.34. The molecule has 2 fully saturated rings. The number of piperazine rings is 1. The molecule has 0 saturated carbocycles. The van der Waals surface area contributed by atoms with Gasteiger partial charge >= 0.3 is 0 Å². The molecule has 29 heavy (non-hydrogen) atoms. The minimum Gasteiger partial charge on any atom is -0.372 e. The number of hydrogen-bond donors (Lipinski definition) is 1. The van der Waals surface area contributed by atoms with Gasteiger partial charge in [0.2, 0.25) is 6.41 Å². The summed E-state index contributed by atoms with van der Waals surface area (Å²) in [5.41, 5.74) is 2.22. The van der Waals surface area contributed by atoms with Crippen LogP contribution in [-0.4, -0.2) is 66.7 Å². The van der Waals surface area contributed by atoms with Crippen molar-refractivity contribution in [2.45, 2.75) is 19.3 Å². The lowest BCUT2D eigenvalue weighted by molar-refractivity contribution is -0.118. The molecule has 0 spiro atoms. The monoisotopic (exact) mass is 394 g/mol. The second-order valence-electron chi connectivity index (χ2n) is 7.45. The molecule has 1 aromatic heterocycles. The van der Waals surface area contributed by atoms with Crippen molar-refractivity contribution in [1.82, 2.24) is 15.1 Å². The summed E-state index contributed by atoms with van der Waals surface area (Å²) in [6, 6.07) is 11.4. The highest BCUT2D eigenvalue weighted by Crippen LogP contribution is 2.22. The first-order valence-corrected chi connectivity index (χ1v) is 10.2. The Hall–Kier alpha value is -3.16. The maximum absolute atomic E-state index is 12.5. The second-order valence-corrected chi connectivity index (χ2v) is 7.45. The largest absolute Gasteiger partial charge is 0.372 e. The minimum absolute atomic E-state index is 0.277. The van der Waals surface area contributed by atoms with Crippen LogP contribution in [0.1, 0.15) is 29.8 Å². The SMILES string of the molecule is O=CN1CCN(c2ccc(C(=O)Nc3ccc(N4CCCCC4)cc3)nn2)CC1. The van der Waals surface area contributed by atoms with Crippen molar-refractivity contribution >= 4 is 29.5 Å². The van der Waals surface area contributed by atoms with Crippen LogP contribution in [0.5, 0.6) is 0 Å². The molecule has 0 aliphatic carbocycles. The van der Waals surface area contributed by atoms with Gasteiger partial charge in [-0.25, -0.2) is 0 Å². The Morgan fingerprint density at radius 3 is 2.17 bits per heavy atom. The maximum atomic E-state index is 12.5. The molecule has 2 aliphatic rings. The van der Waals surface area contributed by atoms with E-state index in [1.54, 1.807) is 17.0 Å². The molecule has 1 N–H and O–H groups in total. The summed E-state index contributed by atoms with van der Waals surface area (Å²) in [6.45, 7) is 4.95. The Kier molecular flexibility index (Phi) is 5.88. The summed E-state index contributed by atoms with van der Waals surface area (Å²) in [5, 5.41) is 11.2. The number of carbonyl (C=O) groups is 2. The van der Waals surface area contributed by atoms with Crippen LogP contribution in [0.3, 0.4) is 0 Å². The van der Waals surface area contributed by atoms with Crippen LogP contribution in [0.15, 0.2) is 36.4 Å². The van der Waals surface area contributed by atoms with Crippen LogP contribution in [0, 0.1) is 0 Å². The summed E-state index contributed by atoms with van der Waals surface area (Å²) in [5.74, 6) is 0.443. The van der Waals surface area contributed by atoms with Crippen LogP contribution in [0.4, 0.5) is 17.2 Å². The van der Waals surface area contributed by atoms with Gasteiger partial charge in [-0.3, -0.25) is 9.59 Å². The van der Waals surface area contributed by atoms with Gasteiger partial charge in [-0.15, -0.1) is 10.2 Å². The smallest absolute Gasteiger partial charge is 0.276 e. The van der Waals surface area contributed by atoms with Gasteiger partial charge < -0.3 is 20.0 Å². The molecular formula is C21H26N6O2. The van der Waals surface area contributed by atoms with Crippen LogP contribution >= 0.6 is 0 Å². The number of rotatable bonds is 5. The van der Waals surface area contributed by atoms with E-state index < -0.39 is 0 Å². The third kappa shape index (κ3) is 4.64. The summed E-state index contributed by atoms with van der Waals surface area (Å²) >= 11 is 0. The molecular weight excluding hydrogens is 368 g/mol. The Morgan fingerprint density at radius 1 is 0.828 bits per heavy atom. The van der Waals surface area contributed by atoms with E-state index in [0.717, 1.165) is 31.0 Å². The van der Waals surface area contributed by atoms with E-state index >= 15 is 0 Å². The third-order valence-electron chi connectivity index (χ3n) is 5.52. The molecule has 3 heterocycles. The summed E-state index contributed by atoms with van der Waals surface area (Å²) in [6.07, 6.45) is 4.65. The lowest BCUT2D eigenvalue weighted by atomic mass is 10.1. The van der Waals surface area contributed by atoms with Crippen molar-refractivity contribution in [3.63, 3.8) is 0 Å². The molecule has 2 aliphatic heterocycles. The Morgan fingerprint density at radius 2 is 1.55 bits per heavy atom. The van der Waals surface area contributed by atoms with E-state index in [1.165, 1.54) is 24.9 Å². The van der Waals surface area contributed by atoms with E-state index in [4.69, 9.17) is 0 Å². The fraction of sp³-hybridized carbons (Fsp3) is 0.429. The number of hydrogen-bond acceptors (Lipinski definition) is 6. The predicted octanol–water partition coefficient (Wildman–Crippen LogP) is 2.00. The van der Waals surface area contributed by atoms with E-state index in [-0.39, 0.29) is 11.6 Å². The molecule has 1 aromatic carbocycles. The highest BCUT2D eigenvalue weighted by atomic mass is 16.2. The quantitative estimate of drug-likeness (QED) is 0.781. The number of nitrogens with one attached hydrogen (secondary N) is 1. The minimum atomic E-state index is -0.277. The fourth-order valence-corrected chi connectivity index (χ4v) is 3.77. The Labute approximate surface area is 170 Å². The first kappa shape index (κ1) is 19.2. The molecule has 2 saturated heterocycles. The average molecular weight is 394 g/mol. The number of benzene rings is 1. The molecule has 8 heteroatoms. The van der Waals surface area contributed by atoms with Crippen LogP contribution < -0.4 is 15.1 Å². The summed E-state index contributed by atoms with van der Waals surface area (Å²) in [4.78, 5) is 29.5. The van der Waals surface area contributed by atoms with Crippen LogP contribution in [-0.2, 0) is 4.79 Å². The zero-order valence-electron chi connectivity index (χ0n) is 16.5. The van der Waals surface area contributed by atoms with Crippen LogP contribution in [0.2, 0.25) is 0 Å². The number of amides is 2. The zero-order valence-corrected chi connectivity index (χ0v) is 16.5. The second kappa shape index (κ2) is 8.89. The van der Waals surface area contributed by atoms with Gasteiger partial charge in [0.1, 0.15) is 0 Å². The molecule has 152 valence electrons. The van der Waals surface area contributed by atoms with E-state index in [9.17, 15) is 9.59 Å². The standard InChI is InChI=1S/C21H26N6O2/c28-16-25-12-14-27(15-13-25)20-9-8-19(23-24-20)21(29)22-17-4-6-18(7-5-17)26-10-2-1-3-11-26/h4-9,16H,1-3,10-15H2,(H,22,29). The summed E-state index contributed by atoms with van der Waals surface area (Å²) in [7, 11) is 0. The van der Waals surface area contributed by atoms with E-state index in [2.05, 4.69) is 37.4 Å². The molecule has 0 atom stereocenters. The van der Waals surface area contributed by atoms with Crippen molar-refractivity contribution in [3.8, 4) is 0 Å². The lowest BCUT2D eigenvalue weighted by Crippen LogP contribution is -2.46. The van der Waals surface area contributed by atoms with E-state index in [1.807, 2.05) is 12.1 Å². The lowest BCUT2D eigenvalue weighted by Gasteiger charge is -2.32. The topological polar surface area (TPSA) is 81.7 Å². The predicted molar refractivity (Wildman–Crippen MR) is 112 cm³/mol. The molecule has 4 rings (SSSR count). The van der Waals surface area contributed by atoms with Crippen molar-refractivity contribution < 1.29 is 9.59 Å². The third-order valence-corrected chi connectivity index (χ3v) is 5.52. The molecule has 0 unspecified atom stereocenters. The van der Waals surface area contributed by atoms with Crippen molar-refractivity contribution in [2.24, 2.45) is 0 Å². The number of carbonyl (C=O) groups excluding carboxylic acids is 2. The van der Waals surface area contributed by atoms with Crippen LogP contribution in [0.25, 0.3) is 0 Å². The van der Waals surface area contributed by atoms with Crippen molar-refractivity contribution in [1.29, 1.82) is 0 Å². The van der Waals surface area contributed by atoms with Gasteiger partial charge in [0, 0.05) is 50.6 Å². The van der Waals surface area contributed by atoms with Gasteiger partial charge in [-0.1, -0.05) is 0 Å². The molecule has 0 bridgehead atoms. The average Bonchev–Trinajstić information content (AvgIpc) is 2.80. The fourth-order valence-electron chi connectivity index (χ4n) is 3.77. The molecule has 0 radical (unpaired) electrons. The van der Waals surface area contributed by atoms with E-state index in [0.29, 0.717) is 26.2 Å². The van der Waals surface area contributed by atoms with Gasteiger partial charge in [0.15, 0.2) is 11.5 Å². The number of aromatic nitrogens is 2. The van der Waals surface area contributed by atoms with Gasteiger partial charge in [-0.2, -0.15) is 0 Å². The maximum Gasteiger partial charge on any atom is 0.276 e. The van der Waals surface area contributed by atoms with Gasteiger partial charge in [-0.05, 0) is 55.7 Å². The van der Waals surface area contributed by atoms with Gasteiger partial charge in [0.25, 0.3) is 5.91 Å². The number of anilines is 3. The van der Waals surface area contributed by atoms with Gasteiger partial charge in [0.05, 0.1) is 0 Å². The normalized spacial score (nSPS) is 17.2. The zero-order chi connectivity index (χ0) is 20.1. The van der Waals surface area contributed by atoms with Crippen molar-refractivity contribution in [2.75, 3.05) is 54.4 Å². The number of piperidine rings is 1. The molecule has 8 nitrogen and oxygen atoms in total. The highest BCUT2D eigenvalue weighted by molar-refractivity contribution is 6.02. The first-order chi connectivity index (χ1) is 14.2. The molecule has 2 amide bonds. The Bertz CT molecular complexity index is 825.